The fourth-order valence-corrected chi connectivity index (χ4v) is 2.53. The van der Waals surface area contributed by atoms with Crippen LogP contribution >= 0.6 is 11.6 Å². The summed E-state index contributed by atoms with van der Waals surface area (Å²) in [5.41, 5.74) is 1.75. The molecule has 0 amide bonds. The van der Waals surface area contributed by atoms with E-state index in [0.29, 0.717) is 28.9 Å². The number of benzene rings is 1. The molecule has 5 nitrogen and oxygen atoms in total. The van der Waals surface area contributed by atoms with E-state index in [1.54, 1.807) is 19.1 Å². The molecule has 0 bridgehead atoms. The van der Waals surface area contributed by atoms with Crippen LogP contribution < -0.4 is 0 Å². The van der Waals surface area contributed by atoms with Crippen molar-refractivity contribution in [3.8, 4) is 11.3 Å². The van der Waals surface area contributed by atoms with Gasteiger partial charge in [0.25, 0.3) is 0 Å². The second kappa shape index (κ2) is 5.64. The molecule has 2 aromatic rings. The van der Waals surface area contributed by atoms with Crippen LogP contribution in [0.4, 0.5) is 0 Å². The number of aromatic nitrogens is 1. The van der Waals surface area contributed by atoms with Gasteiger partial charge in [0.2, 0.25) is 0 Å². The van der Waals surface area contributed by atoms with Gasteiger partial charge in [0.15, 0.2) is 12.0 Å². The fraction of sp³-hybridized carbons (Fsp3) is 0.167. The van der Waals surface area contributed by atoms with Crippen LogP contribution in [-0.4, -0.2) is 20.2 Å². The van der Waals surface area contributed by atoms with Crippen molar-refractivity contribution in [3.63, 3.8) is 0 Å². The highest BCUT2D eigenvalue weighted by Gasteiger charge is 2.17. The molecule has 100 valence electrons. The standard InChI is InChI=1S/C12H10ClNO4S/c1-7-4-10(18-14-7)11-9(6-19(16)17)3-2-8(5-15)12(11)13/h2-5H,6H2,1H3,(H,16,17)/p-1. The summed E-state index contributed by atoms with van der Waals surface area (Å²) in [6.45, 7) is 1.73. The summed E-state index contributed by atoms with van der Waals surface area (Å²) in [5.74, 6) is 0.125. The summed E-state index contributed by atoms with van der Waals surface area (Å²) < 4.78 is 26.8. The third-order valence-corrected chi connectivity index (χ3v) is 3.49. The van der Waals surface area contributed by atoms with E-state index in [4.69, 9.17) is 16.1 Å². The average Bonchev–Trinajstić information content (AvgIpc) is 2.75. The van der Waals surface area contributed by atoms with Gasteiger partial charge in [-0.3, -0.25) is 9.00 Å². The van der Waals surface area contributed by atoms with Gasteiger partial charge < -0.3 is 9.08 Å². The quantitative estimate of drug-likeness (QED) is 0.639. The molecule has 19 heavy (non-hydrogen) atoms. The van der Waals surface area contributed by atoms with Gasteiger partial charge in [0.05, 0.1) is 10.7 Å². The largest absolute Gasteiger partial charge is 0.772 e. The Hall–Kier alpha value is -1.50. The molecule has 1 heterocycles. The molecule has 0 saturated carbocycles. The zero-order valence-electron chi connectivity index (χ0n) is 9.88. The molecule has 0 aliphatic carbocycles. The first kappa shape index (κ1) is 13.9. The van der Waals surface area contributed by atoms with Crippen LogP contribution in [0.1, 0.15) is 21.6 Å². The van der Waals surface area contributed by atoms with Crippen LogP contribution in [0.3, 0.4) is 0 Å². The number of rotatable bonds is 4. The van der Waals surface area contributed by atoms with E-state index in [0.717, 1.165) is 0 Å². The van der Waals surface area contributed by atoms with Crippen LogP contribution in [0.5, 0.6) is 0 Å². The molecule has 0 N–H and O–H groups in total. The smallest absolute Gasteiger partial charge is 0.168 e. The van der Waals surface area contributed by atoms with Gasteiger partial charge >= 0.3 is 0 Å². The molecule has 1 aromatic carbocycles. The normalized spacial score (nSPS) is 12.4. The third-order valence-electron chi connectivity index (χ3n) is 2.53. The Morgan fingerprint density at radius 2 is 2.26 bits per heavy atom. The second-order valence-corrected chi connectivity index (χ2v) is 5.18. The zero-order valence-corrected chi connectivity index (χ0v) is 11.5. The Morgan fingerprint density at radius 3 is 2.79 bits per heavy atom. The highest BCUT2D eigenvalue weighted by atomic mass is 35.5. The van der Waals surface area contributed by atoms with Crippen LogP contribution in [0, 0.1) is 6.92 Å². The van der Waals surface area contributed by atoms with E-state index in [9.17, 15) is 13.6 Å². The van der Waals surface area contributed by atoms with Crippen molar-refractivity contribution >= 4 is 29.0 Å². The van der Waals surface area contributed by atoms with Crippen molar-refractivity contribution in [2.45, 2.75) is 12.7 Å². The van der Waals surface area contributed by atoms with Gasteiger partial charge in [-0.05, 0) is 18.6 Å². The Bertz CT molecular complexity index is 653. The molecule has 0 saturated heterocycles. The predicted molar refractivity (Wildman–Crippen MR) is 69.7 cm³/mol. The predicted octanol–water partition coefficient (Wildman–Crippen LogP) is 2.50. The zero-order chi connectivity index (χ0) is 14.0. The molecule has 1 aromatic heterocycles. The molecule has 0 aliphatic heterocycles. The summed E-state index contributed by atoms with van der Waals surface area (Å²) >= 11 is 3.85. The second-order valence-electron chi connectivity index (χ2n) is 3.90. The van der Waals surface area contributed by atoms with Crippen LogP contribution in [-0.2, 0) is 16.8 Å². The molecule has 2 rings (SSSR count). The number of hydrogen-bond acceptors (Lipinski definition) is 5. The van der Waals surface area contributed by atoms with Gasteiger partial charge in [0.1, 0.15) is 0 Å². The first-order valence-corrected chi connectivity index (χ1v) is 6.91. The molecule has 7 heteroatoms. The van der Waals surface area contributed by atoms with E-state index in [1.165, 1.54) is 6.07 Å². The minimum Gasteiger partial charge on any atom is -0.772 e. The number of carbonyl (C=O) groups is 1. The SMILES string of the molecule is Cc1cc(-c2c(CS(=O)[O-])ccc(C=O)c2Cl)on1. The van der Waals surface area contributed by atoms with E-state index >= 15 is 0 Å². The van der Waals surface area contributed by atoms with Crippen molar-refractivity contribution in [2.75, 3.05) is 0 Å². The lowest BCUT2D eigenvalue weighted by molar-refractivity contribution is 0.112. The summed E-state index contributed by atoms with van der Waals surface area (Å²) in [4.78, 5) is 10.9. The Balaban J connectivity index is 2.65. The van der Waals surface area contributed by atoms with Crippen molar-refractivity contribution in [1.82, 2.24) is 5.16 Å². The summed E-state index contributed by atoms with van der Waals surface area (Å²) in [6, 6.07) is 4.65. The van der Waals surface area contributed by atoms with E-state index in [1.807, 2.05) is 0 Å². The lowest BCUT2D eigenvalue weighted by Gasteiger charge is -2.12. The third kappa shape index (κ3) is 2.91. The highest BCUT2D eigenvalue weighted by molar-refractivity contribution is 7.78. The summed E-state index contributed by atoms with van der Waals surface area (Å²) in [6.07, 6.45) is 0.604. The van der Waals surface area contributed by atoms with Crippen molar-refractivity contribution in [2.24, 2.45) is 0 Å². The minimum atomic E-state index is -2.27. The van der Waals surface area contributed by atoms with E-state index in [-0.39, 0.29) is 16.3 Å². The Labute approximate surface area is 116 Å². The monoisotopic (exact) mass is 298 g/mol. The van der Waals surface area contributed by atoms with Gasteiger partial charge in [-0.25, -0.2) is 0 Å². The maximum Gasteiger partial charge on any atom is 0.168 e. The molecule has 0 radical (unpaired) electrons. The fourth-order valence-electron chi connectivity index (χ4n) is 1.72. The van der Waals surface area contributed by atoms with Crippen LogP contribution in [0.15, 0.2) is 22.7 Å². The lowest BCUT2D eigenvalue weighted by Crippen LogP contribution is -1.98. The lowest BCUT2D eigenvalue weighted by atomic mass is 10.0. The molecule has 1 atom stereocenters. The molecule has 0 spiro atoms. The number of aryl methyl sites for hydroxylation is 1. The first-order chi connectivity index (χ1) is 9.02. The molecular weight excluding hydrogens is 290 g/mol. The summed E-state index contributed by atoms with van der Waals surface area (Å²) in [7, 11) is 0. The van der Waals surface area contributed by atoms with E-state index in [2.05, 4.69) is 5.16 Å². The Morgan fingerprint density at radius 1 is 1.53 bits per heavy atom. The topological polar surface area (TPSA) is 83.2 Å². The molecule has 0 fully saturated rings. The van der Waals surface area contributed by atoms with Crippen LogP contribution in [0.25, 0.3) is 11.3 Å². The number of hydrogen-bond donors (Lipinski definition) is 0. The number of nitrogens with zero attached hydrogens (tertiary/aromatic N) is 1. The highest BCUT2D eigenvalue weighted by Crippen LogP contribution is 2.34. The average molecular weight is 299 g/mol. The van der Waals surface area contributed by atoms with Crippen molar-refractivity contribution in [1.29, 1.82) is 0 Å². The Kier molecular flexibility index (Phi) is 4.14. The first-order valence-electron chi connectivity index (χ1n) is 5.29. The molecule has 1 unspecified atom stereocenters. The van der Waals surface area contributed by atoms with Crippen LogP contribution in [0.2, 0.25) is 5.02 Å². The van der Waals surface area contributed by atoms with Crippen molar-refractivity contribution in [3.05, 3.63) is 40.0 Å². The maximum atomic E-state index is 10.9. The van der Waals surface area contributed by atoms with Crippen molar-refractivity contribution < 1.29 is 18.1 Å². The van der Waals surface area contributed by atoms with Gasteiger partial charge in [-0.15, -0.1) is 0 Å². The van der Waals surface area contributed by atoms with Gasteiger partial charge in [-0.1, -0.05) is 33.9 Å². The van der Waals surface area contributed by atoms with Gasteiger partial charge in [0, 0.05) is 22.9 Å². The number of halogens is 1. The number of carbonyl (C=O) groups excluding carboxylic acids is 1. The minimum absolute atomic E-state index is 0.161. The van der Waals surface area contributed by atoms with E-state index < -0.39 is 11.1 Å². The number of aldehydes is 1. The molecular formula is C12H9ClNO4S-. The van der Waals surface area contributed by atoms with Gasteiger partial charge in [-0.2, -0.15) is 0 Å². The maximum absolute atomic E-state index is 10.9. The summed E-state index contributed by atoms with van der Waals surface area (Å²) in [5, 5.41) is 3.90. The molecule has 0 aliphatic rings.